The molecule has 0 bridgehead atoms. The van der Waals surface area contributed by atoms with Crippen LogP contribution in [0.4, 0.5) is 0 Å². The van der Waals surface area contributed by atoms with Crippen molar-refractivity contribution in [3.05, 3.63) is 6.92 Å². The zero-order valence-electron chi connectivity index (χ0n) is 3.01. The first kappa shape index (κ1) is 5.36. The number of rotatable bonds is 2. The van der Waals surface area contributed by atoms with Gasteiger partial charge in [0.05, 0.1) is 0 Å². The summed E-state index contributed by atoms with van der Waals surface area (Å²) in [6.07, 6.45) is 1.93. The Morgan fingerprint density at radius 3 is 2.40 bits per heavy atom. The van der Waals surface area contributed by atoms with Crippen molar-refractivity contribution in [1.29, 1.82) is 0 Å². The van der Waals surface area contributed by atoms with Gasteiger partial charge in [-0.1, -0.05) is 0 Å². The molecule has 0 N–H and O–H groups in total. The van der Waals surface area contributed by atoms with Crippen LogP contribution in [-0.2, 0) is 15.0 Å². The first-order valence-corrected chi connectivity index (χ1v) is 2.16. The summed E-state index contributed by atoms with van der Waals surface area (Å²) in [4.78, 5) is 1.74. The SMILES string of the molecule is [CH2-]CC[CH]=[Ni]. The topological polar surface area (TPSA) is 0 Å². The van der Waals surface area contributed by atoms with Crippen molar-refractivity contribution in [2.45, 2.75) is 12.8 Å². The monoisotopic (exact) mass is 113 g/mol. The van der Waals surface area contributed by atoms with Gasteiger partial charge in [0, 0.05) is 0 Å². The van der Waals surface area contributed by atoms with Gasteiger partial charge in [-0.05, 0) is 0 Å². The Morgan fingerprint density at radius 2 is 2.40 bits per heavy atom. The summed E-state index contributed by atoms with van der Waals surface area (Å²) in [6.45, 7) is 3.58. The predicted molar refractivity (Wildman–Crippen MR) is 20.7 cm³/mol. The van der Waals surface area contributed by atoms with Crippen LogP contribution in [0.1, 0.15) is 12.8 Å². The van der Waals surface area contributed by atoms with Gasteiger partial charge in [-0.2, -0.15) is 0 Å². The van der Waals surface area contributed by atoms with Gasteiger partial charge in [0.15, 0.2) is 0 Å². The van der Waals surface area contributed by atoms with E-state index in [0.717, 1.165) is 12.8 Å². The van der Waals surface area contributed by atoms with Crippen molar-refractivity contribution in [3.63, 3.8) is 0 Å². The molecule has 0 aliphatic heterocycles. The fraction of sp³-hybridized carbons (Fsp3) is 0.500. The summed E-state index contributed by atoms with van der Waals surface area (Å²) in [5.41, 5.74) is 0. The van der Waals surface area contributed by atoms with Gasteiger partial charge < -0.3 is 0 Å². The second-order valence-corrected chi connectivity index (χ2v) is 1.17. The first-order chi connectivity index (χ1) is 2.41. The Bertz CT molecular complexity index is 24.8. The fourth-order valence-electron chi connectivity index (χ4n) is 0.0645. The molecule has 0 aromatic rings. The fourth-order valence-corrected chi connectivity index (χ4v) is 0.266. The minimum atomic E-state index is 0.944. The van der Waals surface area contributed by atoms with Crippen molar-refractivity contribution in [2.24, 2.45) is 0 Å². The summed E-state index contributed by atoms with van der Waals surface area (Å²) in [6, 6.07) is 0. The van der Waals surface area contributed by atoms with Crippen LogP contribution in [0.15, 0.2) is 0 Å². The molecule has 34 valence electrons. The van der Waals surface area contributed by atoms with E-state index in [1.54, 1.807) is 4.99 Å². The molecule has 0 aromatic carbocycles. The number of unbranched alkanes of at least 4 members (excludes halogenated alkanes) is 1. The molecule has 0 fully saturated rings. The molecule has 0 spiro atoms. The second-order valence-electron chi connectivity index (χ2n) is 0.771. The van der Waals surface area contributed by atoms with Crippen LogP contribution in [0.3, 0.4) is 0 Å². The molecule has 0 atom stereocenters. The Hall–Kier alpha value is 0.364. The molecule has 0 unspecified atom stereocenters. The van der Waals surface area contributed by atoms with Gasteiger partial charge in [-0.3, -0.25) is 0 Å². The Labute approximate surface area is 40.5 Å². The standard InChI is InChI=1S/C4H7.Ni/c1-3-4-2;/h1H,2-4H2;/q-1;. The summed E-state index contributed by atoms with van der Waals surface area (Å²) in [7, 11) is 0. The van der Waals surface area contributed by atoms with E-state index in [1.165, 1.54) is 0 Å². The van der Waals surface area contributed by atoms with Gasteiger partial charge >= 0.3 is 39.8 Å². The molecule has 0 nitrogen and oxygen atoms in total. The van der Waals surface area contributed by atoms with Crippen LogP contribution < -0.4 is 0 Å². The van der Waals surface area contributed by atoms with Crippen LogP contribution in [0.2, 0.25) is 0 Å². The van der Waals surface area contributed by atoms with Crippen molar-refractivity contribution in [3.8, 4) is 0 Å². The van der Waals surface area contributed by atoms with Crippen molar-refractivity contribution >= 4 is 4.99 Å². The maximum absolute atomic E-state index is 4.24. The van der Waals surface area contributed by atoms with Crippen LogP contribution in [0, 0.1) is 6.92 Å². The van der Waals surface area contributed by atoms with Gasteiger partial charge in [-0.15, -0.1) is 0 Å². The average Bonchev–Trinajstić information content (AvgIpc) is 1.41. The third kappa shape index (κ3) is 4.36. The molecule has 0 radical (unpaired) electrons. The molecule has 0 rings (SSSR count). The molecular formula is C4H7Ni-. The van der Waals surface area contributed by atoms with E-state index < -0.39 is 0 Å². The van der Waals surface area contributed by atoms with Gasteiger partial charge in [0.2, 0.25) is 0 Å². The molecule has 0 aromatic heterocycles. The Balaban J connectivity index is 2.40. The van der Waals surface area contributed by atoms with E-state index in [9.17, 15) is 0 Å². The van der Waals surface area contributed by atoms with Crippen LogP contribution in [-0.4, -0.2) is 4.99 Å². The summed E-state index contributed by atoms with van der Waals surface area (Å²) in [5, 5.41) is 0. The summed E-state index contributed by atoms with van der Waals surface area (Å²) in [5.74, 6) is 0. The molecule has 0 heterocycles. The summed E-state index contributed by atoms with van der Waals surface area (Å²) >= 11 is 4.24. The van der Waals surface area contributed by atoms with Gasteiger partial charge in [0.1, 0.15) is 0 Å². The Kier molecular flexibility index (Phi) is 4.68. The van der Waals surface area contributed by atoms with E-state index in [4.69, 9.17) is 0 Å². The molecular weight excluding hydrogens is 107 g/mol. The van der Waals surface area contributed by atoms with E-state index >= 15 is 0 Å². The normalized spacial score (nSPS) is 7.80. The van der Waals surface area contributed by atoms with Crippen LogP contribution in [0.25, 0.3) is 0 Å². The molecule has 0 saturated heterocycles. The second kappa shape index (κ2) is 4.36. The molecule has 0 aliphatic rings. The number of hydrogen-bond acceptors (Lipinski definition) is 0. The molecule has 5 heavy (non-hydrogen) atoms. The molecule has 0 saturated carbocycles. The van der Waals surface area contributed by atoms with E-state index in [0.29, 0.717) is 0 Å². The minimum absolute atomic E-state index is 0.944. The van der Waals surface area contributed by atoms with Crippen molar-refractivity contribution < 1.29 is 15.0 Å². The van der Waals surface area contributed by atoms with E-state index in [-0.39, 0.29) is 0 Å². The third-order valence-electron chi connectivity index (χ3n) is 0.295. The predicted octanol–water partition coefficient (Wildman–Crippen LogP) is 0.950. The number of hydrogen-bond donors (Lipinski definition) is 0. The summed E-state index contributed by atoms with van der Waals surface area (Å²) < 4.78 is 0. The van der Waals surface area contributed by atoms with E-state index in [1.807, 2.05) is 0 Å². The first-order valence-electron chi connectivity index (χ1n) is 1.59. The molecule has 0 aliphatic carbocycles. The average molecular weight is 114 g/mol. The zero-order chi connectivity index (χ0) is 4.12. The van der Waals surface area contributed by atoms with Crippen LogP contribution in [0.5, 0.6) is 0 Å². The van der Waals surface area contributed by atoms with Crippen molar-refractivity contribution in [1.82, 2.24) is 0 Å². The van der Waals surface area contributed by atoms with Crippen molar-refractivity contribution in [2.75, 3.05) is 0 Å². The van der Waals surface area contributed by atoms with Gasteiger partial charge in [0.25, 0.3) is 0 Å². The Morgan fingerprint density at radius 1 is 1.80 bits per heavy atom. The van der Waals surface area contributed by atoms with E-state index in [2.05, 4.69) is 22.0 Å². The maximum atomic E-state index is 4.24. The molecule has 0 amide bonds. The quantitative estimate of drug-likeness (QED) is 0.370. The van der Waals surface area contributed by atoms with Crippen LogP contribution >= 0.6 is 0 Å². The van der Waals surface area contributed by atoms with Gasteiger partial charge in [-0.25, -0.2) is 0 Å². The zero-order valence-corrected chi connectivity index (χ0v) is 4.00. The third-order valence-corrected chi connectivity index (χ3v) is 0.581. The molecule has 1 heteroatoms.